The highest BCUT2D eigenvalue weighted by Gasteiger charge is 2.29. The quantitative estimate of drug-likeness (QED) is 0.220. The van der Waals surface area contributed by atoms with Crippen molar-refractivity contribution in [1.82, 2.24) is 25.4 Å². The highest BCUT2D eigenvalue weighted by Crippen LogP contribution is 2.43. The van der Waals surface area contributed by atoms with Crippen LogP contribution in [0.2, 0.25) is 0 Å². The Bertz CT molecular complexity index is 1430. The van der Waals surface area contributed by atoms with E-state index in [0.29, 0.717) is 33.2 Å². The number of pyridine rings is 1. The molecule has 0 radical (unpaired) electrons. The fraction of sp³-hybridized carbons (Fsp3) is 0.407. The highest BCUT2D eigenvalue weighted by atomic mass is 32.1. The molecule has 2 atom stereocenters. The number of ether oxygens (including phenoxy) is 2. The lowest BCUT2D eigenvalue weighted by atomic mass is 9.82. The van der Waals surface area contributed by atoms with Gasteiger partial charge < -0.3 is 20.1 Å². The van der Waals surface area contributed by atoms with Crippen LogP contribution in [0.25, 0.3) is 0 Å². The number of methoxy groups -OCH3 is 2. The Kier molecular flexibility index (Phi) is 10.6. The van der Waals surface area contributed by atoms with E-state index < -0.39 is 0 Å². The van der Waals surface area contributed by atoms with E-state index in [1.54, 1.807) is 51.8 Å². The number of hydrogen-bond acceptors (Lipinski definition) is 12. The van der Waals surface area contributed by atoms with E-state index in [2.05, 4.69) is 47.6 Å². The molecule has 4 rings (SSSR count). The van der Waals surface area contributed by atoms with Gasteiger partial charge in [-0.15, -0.1) is 20.4 Å². The lowest BCUT2D eigenvalue weighted by Crippen LogP contribution is -2.15. The standard InChI is InChI=1S/C27H32N8O4S2/c1-16(28-10-8-17(2)38-3)12-22(36)30-26-34-32-24(40-26)18-6-5-7-19(13-18)25-33-35-27(41-25)31-23(37)15-20-14-21(39-4)9-11-29-20/h8-11,14,18-19H,1,5-7,12-13,15H2,2-4H3,(H,30,34,36)(H,31,35,37)/b17-8+,28-10?/t18-,19-/m0/s1. The van der Waals surface area contributed by atoms with E-state index in [-0.39, 0.29) is 36.5 Å². The van der Waals surface area contributed by atoms with Crippen LogP contribution in [0.4, 0.5) is 10.3 Å². The molecule has 216 valence electrons. The summed E-state index contributed by atoms with van der Waals surface area (Å²) < 4.78 is 10.2. The van der Waals surface area contributed by atoms with Crippen molar-refractivity contribution in [2.75, 3.05) is 24.9 Å². The molecule has 1 aliphatic rings. The Hall–Kier alpha value is -4.04. The van der Waals surface area contributed by atoms with Crippen LogP contribution in [0.1, 0.15) is 66.6 Å². The molecule has 1 saturated carbocycles. The van der Waals surface area contributed by atoms with Crippen LogP contribution in [0.15, 0.2) is 47.4 Å². The Morgan fingerprint density at radius 3 is 2.37 bits per heavy atom. The van der Waals surface area contributed by atoms with E-state index in [1.165, 1.54) is 22.7 Å². The summed E-state index contributed by atoms with van der Waals surface area (Å²) >= 11 is 2.77. The largest absolute Gasteiger partial charge is 0.501 e. The van der Waals surface area contributed by atoms with Crippen molar-refractivity contribution in [2.24, 2.45) is 4.99 Å². The summed E-state index contributed by atoms with van der Waals surface area (Å²) in [5.41, 5.74) is 1.03. The third-order valence-corrected chi connectivity index (χ3v) is 8.37. The maximum Gasteiger partial charge on any atom is 0.232 e. The monoisotopic (exact) mass is 596 g/mol. The normalized spacial score (nSPS) is 17.3. The van der Waals surface area contributed by atoms with E-state index >= 15 is 0 Å². The van der Waals surface area contributed by atoms with Crippen molar-refractivity contribution in [3.63, 3.8) is 0 Å². The number of aliphatic imine (C=N–C) groups is 1. The van der Waals surface area contributed by atoms with Crippen LogP contribution in [0.5, 0.6) is 5.75 Å². The first-order valence-corrected chi connectivity index (χ1v) is 14.6. The van der Waals surface area contributed by atoms with Crippen molar-refractivity contribution in [1.29, 1.82) is 0 Å². The topological polar surface area (TPSA) is 153 Å². The average molecular weight is 597 g/mol. The minimum Gasteiger partial charge on any atom is -0.501 e. The van der Waals surface area contributed by atoms with Crippen molar-refractivity contribution >= 4 is 51.0 Å². The molecule has 3 aromatic rings. The van der Waals surface area contributed by atoms with Crippen LogP contribution in [0, 0.1) is 0 Å². The number of carbonyl (C=O) groups excluding carboxylic acids is 2. The lowest BCUT2D eigenvalue weighted by molar-refractivity contribution is -0.116. The maximum absolute atomic E-state index is 12.5. The van der Waals surface area contributed by atoms with E-state index in [1.807, 2.05) is 0 Å². The zero-order chi connectivity index (χ0) is 29.2. The lowest BCUT2D eigenvalue weighted by Gasteiger charge is -2.25. The molecule has 0 unspecified atom stereocenters. The molecule has 2 N–H and O–H groups in total. The van der Waals surface area contributed by atoms with Crippen molar-refractivity contribution < 1.29 is 19.1 Å². The summed E-state index contributed by atoms with van der Waals surface area (Å²) in [5, 5.41) is 25.4. The summed E-state index contributed by atoms with van der Waals surface area (Å²) in [5.74, 6) is 1.29. The predicted octanol–water partition coefficient (Wildman–Crippen LogP) is 4.88. The molecule has 0 spiro atoms. The summed E-state index contributed by atoms with van der Waals surface area (Å²) in [6.45, 7) is 5.62. The Balaban J connectivity index is 1.28. The van der Waals surface area contributed by atoms with Crippen LogP contribution >= 0.6 is 22.7 Å². The molecule has 1 aliphatic carbocycles. The minimum absolute atomic E-state index is 0.0444. The minimum atomic E-state index is -0.255. The first-order chi connectivity index (χ1) is 19.8. The van der Waals surface area contributed by atoms with Gasteiger partial charge in [0.05, 0.1) is 38.5 Å². The molecular weight excluding hydrogens is 564 g/mol. The van der Waals surface area contributed by atoms with Gasteiger partial charge in [0.1, 0.15) is 15.8 Å². The van der Waals surface area contributed by atoms with Gasteiger partial charge in [-0.2, -0.15) is 0 Å². The molecule has 0 aliphatic heterocycles. The molecule has 1 fully saturated rings. The second-order valence-corrected chi connectivity index (χ2v) is 11.4. The molecule has 0 aromatic carbocycles. The zero-order valence-corrected chi connectivity index (χ0v) is 24.8. The summed E-state index contributed by atoms with van der Waals surface area (Å²) in [4.78, 5) is 33.3. The SMILES string of the molecule is C=C(CC(=O)Nc1nnc([C@H]2CCC[C@H](c3nnc(NC(=O)Cc4cc(OC)ccn4)s3)C2)s1)N=C/C=C(\C)OC. The predicted molar refractivity (Wildman–Crippen MR) is 159 cm³/mol. The Labute approximate surface area is 246 Å². The number of rotatable bonds is 12. The average Bonchev–Trinajstić information content (AvgIpc) is 3.63. The van der Waals surface area contributed by atoms with Gasteiger partial charge >= 0.3 is 0 Å². The molecular formula is C27H32N8O4S2. The molecule has 3 aromatic heterocycles. The third-order valence-electron chi connectivity index (χ3n) is 6.37. The number of allylic oxidation sites excluding steroid dienone is 2. The van der Waals surface area contributed by atoms with Crippen LogP contribution in [0.3, 0.4) is 0 Å². The number of amides is 2. The van der Waals surface area contributed by atoms with Crippen LogP contribution in [-0.4, -0.2) is 57.6 Å². The molecule has 12 nitrogen and oxygen atoms in total. The van der Waals surface area contributed by atoms with Crippen LogP contribution in [-0.2, 0) is 20.7 Å². The molecule has 14 heteroatoms. The van der Waals surface area contributed by atoms with Gasteiger partial charge in [-0.25, -0.2) is 0 Å². The fourth-order valence-corrected chi connectivity index (χ4v) is 6.07. The second kappa shape index (κ2) is 14.6. The zero-order valence-electron chi connectivity index (χ0n) is 23.1. The Morgan fingerprint density at radius 1 is 1.07 bits per heavy atom. The number of hydrogen-bond donors (Lipinski definition) is 2. The first kappa shape index (κ1) is 29.9. The van der Waals surface area contributed by atoms with E-state index in [9.17, 15) is 9.59 Å². The summed E-state index contributed by atoms with van der Waals surface area (Å²) in [6.07, 6.45) is 8.82. The maximum atomic E-state index is 12.5. The van der Waals surface area contributed by atoms with E-state index in [4.69, 9.17) is 9.47 Å². The second-order valence-electron chi connectivity index (χ2n) is 9.41. The van der Waals surface area contributed by atoms with Gasteiger partial charge in [0.2, 0.25) is 22.1 Å². The first-order valence-electron chi connectivity index (χ1n) is 13.0. The number of carbonyl (C=O) groups is 2. The van der Waals surface area contributed by atoms with Gasteiger partial charge in [0.15, 0.2) is 0 Å². The van der Waals surface area contributed by atoms with Crippen molar-refractivity contribution in [3.05, 3.63) is 58.1 Å². The summed E-state index contributed by atoms with van der Waals surface area (Å²) in [6, 6.07) is 3.46. The molecule has 2 amide bonds. The number of anilines is 2. The fourth-order valence-electron chi connectivity index (χ4n) is 4.26. The number of nitrogens with zero attached hydrogens (tertiary/aromatic N) is 6. The highest BCUT2D eigenvalue weighted by molar-refractivity contribution is 7.15. The van der Waals surface area contributed by atoms with Gasteiger partial charge in [-0.1, -0.05) is 35.7 Å². The third kappa shape index (κ3) is 8.98. The molecule has 0 bridgehead atoms. The van der Waals surface area contributed by atoms with Gasteiger partial charge in [0, 0.05) is 36.0 Å². The number of aromatic nitrogens is 5. The van der Waals surface area contributed by atoms with Gasteiger partial charge in [0.25, 0.3) is 0 Å². The van der Waals surface area contributed by atoms with Crippen molar-refractivity contribution in [2.45, 2.75) is 57.3 Å². The van der Waals surface area contributed by atoms with Crippen LogP contribution < -0.4 is 15.4 Å². The van der Waals surface area contributed by atoms with E-state index in [0.717, 1.165) is 35.7 Å². The van der Waals surface area contributed by atoms with Gasteiger partial charge in [-0.05, 0) is 38.3 Å². The molecule has 0 saturated heterocycles. The number of nitrogens with one attached hydrogen (secondary N) is 2. The summed E-state index contributed by atoms with van der Waals surface area (Å²) in [7, 11) is 3.14. The van der Waals surface area contributed by atoms with Crippen molar-refractivity contribution in [3.8, 4) is 5.75 Å². The van der Waals surface area contributed by atoms with Gasteiger partial charge in [-0.3, -0.25) is 19.6 Å². The smallest absolute Gasteiger partial charge is 0.232 e. The Morgan fingerprint density at radius 2 is 1.73 bits per heavy atom. The molecule has 41 heavy (non-hydrogen) atoms. The molecule has 3 heterocycles.